The highest BCUT2D eigenvalue weighted by molar-refractivity contribution is 5.75. The molecule has 1 nitrogen and oxygen atoms in total. The predicted molar refractivity (Wildman–Crippen MR) is 31.9 cm³/mol. The Kier molecular flexibility index (Phi) is 8.88. The summed E-state index contributed by atoms with van der Waals surface area (Å²) >= 11 is 0. The second kappa shape index (κ2) is 5.49. The van der Waals surface area contributed by atoms with Gasteiger partial charge in [0.2, 0.25) is 0 Å². The van der Waals surface area contributed by atoms with E-state index in [0.29, 0.717) is 0 Å². The lowest BCUT2D eigenvalue weighted by atomic mass is 10.3. The van der Waals surface area contributed by atoms with Crippen molar-refractivity contribution in [2.45, 2.75) is 26.4 Å². The summed E-state index contributed by atoms with van der Waals surface area (Å²) in [6.45, 7) is 3.73. The van der Waals surface area contributed by atoms with Crippen LogP contribution in [0.3, 0.4) is 0 Å². The molecule has 6 heavy (non-hydrogen) atoms. The third-order valence-corrected chi connectivity index (χ3v) is 0.591. The van der Waals surface area contributed by atoms with Crippen molar-refractivity contribution in [3.8, 4) is 0 Å². The largest absolute Gasteiger partial charge is 0.393 e. The summed E-state index contributed by atoms with van der Waals surface area (Å²) < 4.78 is 0. The van der Waals surface area contributed by atoms with Crippen LogP contribution in [0.15, 0.2) is 0 Å². The molecule has 0 saturated heterocycles. The van der Waals surface area contributed by atoms with Crippen molar-refractivity contribution in [2.24, 2.45) is 0 Å². The molecule has 2 heteroatoms. The summed E-state index contributed by atoms with van der Waals surface area (Å²) in [5, 5.41) is 8.36. The highest BCUT2D eigenvalue weighted by atomic mass is 27.0. The molecule has 0 aromatic rings. The van der Waals surface area contributed by atoms with E-state index in [0.717, 1.165) is 6.42 Å². The molecule has 38 valence electrons. The molecule has 0 aliphatic heterocycles. The van der Waals surface area contributed by atoms with Crippen molar-refractivity contribution in [3.05, 3.63) is 0 Å². The van der Waals surface area contributed by atoms with Crippen LogP contribution in [-0.4, -0.2) is 28.6 Å². The fraction of sp³-hybridized carbons (Fsp3) is 1.00. The Morgan fingerprint density at radius 2 is 1.83 bits per heavy atom. The summed E-state index contributed by atoms with van der Waals surface area (Å²) in [4.78, 5) is 0. The Morgan fingerprint density at radius 1 is 1.67 bits per heavy atom. The Bertz CT molecular complexity index is 21.5. The second-order valence-electron chi connectivity index (χ2n) is 1.26. The monoisotopic (exact) mass is 104 g/mol. The normalized spacial score (nSPS) is 12.5. The van der Waals surface area contributed by atoms with E-state index in [2.05, 4.69) is 0 Å². The van der Waals surface area contributed by atoms with Crippen molar-refractivity contribution in [1.82, 2.24) is 0 Å². The molecule has 0 amide bonds. The molecular formula is C4H13AlO. The van der Waals surface area contributed by atoms with Crippen molar-refractivity contribution in [3.63, 3.8) is 0 Å². The molecule has 0 rings (SSSR count). The number of hydrogen-bond donors (Lipinski definition) is 1. The number of rotatable bonds is 1. The highest BCUT2D eigenvalue weighted by Crippen LogP contribution is 1.81. The lowest BCUT2D eigenvalue weighted by molar-refractivity contribution is 0.191. The highest BCUT2D eigenvalue weighted by Gasteiger charge is 1.81. The quantitative estimate of drug-likeness (QED) is 0.448. The third kappa shape index (κ3) is 8.82. The maximum absolute atomic E-state index is 8.36. The van der Waals surface area contributed by atoms with Gasteiger partial charge >= 0.3 is 0 Å². The minimum atomic E-state index is -0.116. The maximum atomic E-state index is 8.36. The van der Waals surface area contributed by atoms with E-state index in [1.807, 2.05) is 6.92 Å². The molecule has 1 unspecified atom stereocenters. The Balaban J connectivity index is 0. The van der Waals surface area contributed by atoms with Gasteiger partial charge in [0.25, 0.3) is 0 Å². The molecular weight excluding hydrogens is 91.0 g/mol. The first kappa shape index (κ1) is 9.70. The molecule has 0 heterocycles. The molecule has 0 aliphatic rings. The average Bonchev–Trinajstić information content (AvgIpc) is 1.38. The summed E-state index contributed by atoms with van der Waals surface area (Å²) in [5.74, 6) is 0. The van der Waals surface area contributed by atoms with Crippen LogP contribution in [0.25, 0.3) is 0 Å². The van der Waals surface area contributed by atoms with E-state index in [4.69, 9.17) is 5.11 Å². The van der Waals surface area contributed by atoms with Gasteiger partial charge in [-0.3, -0.25) is 0 Å². The first-order valence-corrected chi connectivity index (χ1v) is 1.95. The minimum absolute atomic E-state index is 0. The van der Waals surface area contributed by atoms with Gasteiger partial charge < -0.3 is 5.11 Å². The number of hydrogen-bond acceptors (Lipinski definition) is 1. The Labute approximate surface area is 49.5 Å². The first-order valence-electron chi connectivity index (χ1n) is 1.95. The number of aliphatic hydroxyl groups is 1. The van der Waals surface area contributed by atoms with Crippen LogP contribution >= 0.6 is 0 Å². The van der Waals surface area contributed by atoms with Gasteiger partial charge in [-0.1, -0.05) is 6.92 Å². The average molecular weight is 104 g/mol. The van der Waals surface area contributed by atoms with Gasteiger partial charge in [0.1, 0.15) is 0 Å². The molecule has 0 bridgehead atoms. The molecule has 0 spiro atoms. The number of aliphatic hydroxyl groups excluding tert-OH is 1. The zero-order valence-corrected chi connectivity index (χ0v) is 3.73. The second-order valence-corrected chi connectivity index (χ2v) is 1.26. The lowest BCUT2D eigenvalue weighted by Gasteiger charge is -1.90. The Morgan fingerprint density at radius 3 is 1.83 bits per heavy atom. The molecule has 1 N–H and O–H groups in total. The standard InChI is InChI=1S/C4H10O.Al.3H/c1-3-4(2)5;;;;/h4-5H,3H2,1-2H3;;;;. The van der Waals surface area contributed by atoms with Gasteiger partial charge in [-0.05, 0) is 13.3 Å². The van der Waals surface area contributed by atoms with Crippen molar-refractivity contribution < 1.29 is 5.11 Å². The van der Waals surface area contributed by atoms with Gasteiger partial charge in [-0.2, -0.15) is 0 Å². The fourth-order valence-corrected chi connectivity index (χ4v) is 0. The van der Waals surface area contributed by atoms with E-state index >= 15 is 0 Å². The maximum Gasteiger partial charge on any atom is 0.187 e. The van der Waals surface area contributed by atoms with E-state index < -0.39 is 0 Å². The lowest BCUT2D eigenvalue weighted by Crippen LogP contribution is -1.93. The summed E-state index contributed by atoms with van der Waals surface area (Å²) in [5.41, 5.74) is 0. The summed E-state index contributed by atoms with van der Waals surface area (Å²) in [6.07, 6.45) is 0.745. The molecule has 0 radical (unpaired) electrons. The van der Waals surface area contributed by atoms with Gasteiger partial charge in [-0.15, -0.1) is 0 Å². The van der Waals surface area contributed by atoms with Crippen molar-refractivity contribution in [2.75, 3.05) is 0 Å². The van der Waals surface area contributed by atoms with Crippen LogP contribution in [0.5, 0.6) is 0 Å². The van der Waals surface area contributed by atoms with E-state index in [1.165, 1.54) is 0 Å². The van der Waals surface area contributed by atoms with E-state index in [-0.39, 0.29) is 23.5 Å². The molecule has 0 aromatic heterocycles. The van der Waals surface area contributed by atoms with Crippen molar-refractivity contribution in [1.29, 1.82) is 0 Å². The smallest absolute Gasteiger partial charge is 0.187 e. The van der Waals surface area contributed by atoms with Gasteiger partial charge in [0.05, 0.1) is 6.10 Å². The molecule has 0 fully saturated rings. The third-order valence-electron chi connectivity index (χ3n) is 0.591. The molecule has 1 atom stereocenters. The SMILES string of the molecule is CCC(C)O.[AlH3]. The van der Waals surface area contributed by atoms with Crippen molar-refractivity contribution >= 4 is 17.4 Å². The molecule has 0 aromatic carbocycles. The van der Waals surface area contributed by atoms with Crippen LogP contribution in [0.4, 0.5) is 0 Å². The van der Waals surface area contributed by atoms with Crippen LogP contribution in [0, 0.1) is 0 Å². The summed E-state index contributed by atoms with van der Waals surface area (Å²) in [6, 6.07) is 0. The molecule has 0 aliphatic carbocycles. The van der Waals surface area contributed by atoms with Crippen LogP contribution in [-0.2, 0) is 0 Å². The van der Waals surface area contributed by atoms with Gasteiger partial charge in [-0.25, -0.2) is 0 Å². The predicted octanol–water partition coefficient (Wildman–Crippen LogP) is -0.407. The van der Waals surface area contributed by atoms with Crippen LogP contribution in [0.2, 0.25) is 0 Å². The summed E-state index contributed by atoms with van der Waals surface area (Å²) in [7, 11) is 0. The van der Waals surface area contributed by atoms with Crippen LogP contribution in [0.1, 0.15) is 20.3 Å². The van der Waals surface area contributed by atoms with E-state index in [9.17, 15) is 0 Å². The minimum Gasteiger partial charge on any atom is -0.393 e. The van der Waals surface area contributed by atoms with Crippen LogP contribution < -0.4 is 0 Å². The fourth-order valence-electron chi connectivity index (χ4n) is 0. The van der Waals surface area contributed by atoms with Gasteiger partial charge in [0.15, 0.2) is 17.4 Å². The molecule has 0 saturated carbocycles. The zero-order valence-electron chi connectivity index (χ0n) is 3.73. The Hall–Kier alpha value is 0.492. The van der Waals surface area contributed by atoms with Gasteiger partial charge in [0, 0.05) is 0 Å². The van der Waals surface area contributed by atoms with E-state index in [1.54, 1.807) is 6.92 Å². The first-order chi connectivity index (χ1) is 2.27. The zero-order chi connectivity index (χ0) is 4.28. The topological polar surface area (TPSA) is 20.2 Å².